The third-order valence-electron chi connectivity index (χ3n) is 6.86. The van der Waals surface area contributed by atoms with Gasteiger partial charge in [-0.2, -0.15) is 12.8 Å². The van der Waals surface area contributed by atoms with Gasteiger partial charge in [0.1, 0.15) is 11.4 Å². The Hall–Kier alpha value is -3.11. The number of carbonyl (C=O) groups is 1. The molecule has 3 aromatic carbocycles. The van der Waals surface area contributed by atoms with E-state index < -0.39 is 21.5 Å². The number of halogens is 2. The van der Waals surface area contributed by atoms with Crippen molar-refractivity contribution < 1.29 is 32.7 Å². The Morgan fingerprint density at radius 1 is 1.03 bits per heavy atom. The molecule has 0 aliphatic carbocycles. The van der Waals surface area contributed by atoms with Gasteiger partial charge in [0.15, 0.2) is 5.78 Å². The minimum absolute atomic E-state index is 0.00926. The van der Waals surface area contributed by atoms with Gasteiger partial charge in [-0.25, -0.2) is 4.39 Å². The first kappa shape index (κ1) is 27.9. The molecule has 1 saturated heterocycles. The number of carbonyl (C=O) groups excluding carboxylic acids is 1. The molecule has 2 N–H and O–H groups in total. The predicted octanol–water partition coefficient (Wildman–Crippen LogP) is 2.50. The number of likely N-dealkylation sites (tertiary alicyclic amines) is 1. The van der Waals surface area contributed by atoms with Crippen LogP contribution < -0.4 is 10.0 Å². The summed E-state index contributed by atoms with van der Waals surface area (Å²) in [5, 5.41) is 22.5. The second-order valence-corrected chi connectivity index (χ2v) is 11.4. The highest BCUT2D eigenvalue weighted by atomic mass is 35.5. The monoisotopic (exact) mass is 558 g/mol. The van der Waals surface area contributed by atoms with Crippen molar-refractivity contribution in [1.82, 2.24) is 0 Å². The molecule has 0 radical (unpaired) electrons. The molecule has 10 heteroatoms. The summed E-state index contributed by atoms with van der Waals surface area (Å²) in [5.41, 5.74) is 0.875. The first-order valence-electron chi connectivity index (χ1n) is 12.3. The largest absolute Gasteiger partial charge is 0.858 e. The zero-order valence-electron chi connectivity index (χ0n) is 20.6. The summed E-state index contributed by atoms with van der Waals surface area (Å²) in [6.45, 7) is 2.66. The van der Waals surface area contributed by atoms with E-state index in [0.717, 1.165) is 31.6 Å². The number of nitrogens with zero attached hydrogens (tertiary/aromatic N) is 1. The minimum Gasteiger partial charge on any atom is -0.858 e. The maximum Gasteiger partial charge on any atom is 0.282 e. The molecule has 0 saturated carbocycles. The third kappa shape index (κ3) is 6.66. The number of hydrogen-bond acceptors (Lipinski definition) is 5. The van der Waals surface area contributed by atoms with Crippen LogP contribution in [0.4, 0.5) is 4.39 Å². The Morgan fingerprint density at radius 3 is 2.29 bits per heavy atom. The lowest BCUT2D eigenvalue weighted by Gasteiger charge is -2.36. The Morgan fingerprint density at radius 2 is 1.66 bits per heavy atom. The first-order chi connectivity index (χ1) is 18.1. The highest BCUT2D eigenvalue weighted by Crippen LogP contribution is 2.30. The second kappa shape index (κ2) is 11.7. The van der Waals surface area contributed by atoms with Gasteiger partial charge in [-0.15, -0.1) is 0 Å². The molecule has 1 fully saturated rings. The van der Waals surface area contributed by atoms with Crippen LogP contribution in [0.25, 0.3) is 0 Å². The quantitative estimate of drug-likeness (QED) is 0.452. The molecule has 38 heavy (non-hydrogen) atoms. The van der Waals surface area contributed by atoms with E-state index in [1.165, 1.54) is 41.3 Å². The van der Waals surface area contributed by atoms with Crippen LogP contribution in [0.5, 0.6) is 0 Å². The molecule has 0 atom stereocenters. The van der Waals surface area contributed by atoms with Gasteiger partial charge < -0.3 is 15.1 Å². The van der Waals surface area contributed by atoms with Crippen molar-refractivity contribution >= 4 is 33.3 Å². The number of rotatable bonds is 6. The molecule has 0 amide bonds. The normalized spacial score (nSPS) is 21.6. The Labute approximate surface area is 226 Å². The molecule has 7 nitrogen and oxygen atoms in total. The molecular weight excluding hydrogens is 531 g/mol. The van der Waals surface area contributed by atoms with Crippen LogP contribution in [0, 0.1) is 5.82 Å². The first-order valence-corrected chi connectivity index (χ1v) is 14.1. The van der Waals surface area contributed by atoms with Gasteiger partial charge in [0.2, 0.25) is 0 Å². The fraction of sp³-hybridized carbons (Fsp3) is 0.286. The van der Waals surface area contributed by atoms with Crippen molar-refractivity contribution in [2.24, 2.45) is 4.40 Å². The van der Waals surface area contributed by atoms with Crippen LogP contribution in [0.15, 0.2) is 82.1 Å². The molecule has 2 aliphatic heterocycles. The second-order valence-electron chi connectivity index (χ2n) is 9.44. The van der Waals surface area contributed by atoms with Crippen molar-refractivity contribution in [3.8, 4) is 0 Å². The number of quaternary nitrogens is 1. The number of benzene rings is 3. The summed E-state index contributed by atoms with van der Waals surface area (Å²) < 4.78 is 38.1. The molecule has 0 spiro atoms. The molecule has 0 aromatic heterocycles. The van der Waals surface area contributed by atoms with Crippen molar-refractivity contribution in [3.05, 3.63) is 100 Å². The smallest absolute Gasteiger partial charge is 0.282 e. The highest BCUT2D eigenvalue weighted by Gasteiger charge is 2.36. The molecular formula is C28H28ClFN2O5S. The zero-order valence-corrected chi connectivity index (χ0v) is 22.1. The van der Waals surface area contributed by atoms with Gasteiger partial charge in [-0.05, 0) is 48.0 Å². The lowest BCUT2D eigenvalue weighted by molar-refractivity contribution is -0.908. The number of sulfonamides is 1. The number of Topliss-reactive ketones (excluding diaryl/α,β-unsaturated/α-hetero) is 1. The SMILES string of the molecule is O=C(CCC[NH+]1CCC(O)(c2ccc(Cl)cc2)CC1)c1ccc(F)cc1.O=S1(=O)N=C([O-])c2ccccc21. The number of aliphatic hydroxyl groups is 1. The average Bonchev–Trinajstić information content (AvgIpc) is 3.14. The maximum absolute atomic E-state index is 12.9. The Balaban J connectivity index is 0.000000232. The lowest BCUT2D eigenvalue weighted by atomic mass is 9.84. The molecule has 2 heterocycles. The molecule has 200 valence electrons. The molecule has 3 aromatic rings. The van der Waals surface area contributed by atoms with Gasteiger partial charge in [0.05, 0.1) is 24.5 Å². The van der Waals surface area contributed by atoms with Crippen molar-refractivity contribution in [3.63, 3.8) is 0 Å². The maximum atomic E-state index is 12.9. The minimum atomic E-state index is -3.68. The summed E-state index contributed by atoms with van der Waals surface area (Å²) in [7, 11) is -3.68. The van der Waals surface area contributed by atoms with E-state index in [1.54, 1.807) is 12.1 Å². The van der Waals surface area contributed by atoms with E-state index in [0.29, 0.717) is 29.8 Å². The fourth-order valence-electron chi connectivity index (χ4n) is 4.67. The number of fused-ring (bicyclic) bond motifs is 1. The highest BCUT2D eigenvalue weighted by molar-refractivity contribution is 7.90. The van der Waals surface area contributed by atoms with Crippen LogP contribution in [-0.2, 0) is 15.6 Å². The van der Waals surface area contributed by atoms with E-state index >= 15 is 0 Å². The van der Waals surface area contributed by atoms with Crippen molar-refractivity contribution in [2.45, 2.75) is 36.2 Å². The van der Waals surface area contributed by atoms with Gasteiger partial charge in [-0.1, -0.05) is 41.9 Å². The lowest BCUT2D eigenvalue weighted by Crippen LogP contribution is -3.13. The summed E-state index contributed by atoms with van der Waals surface area (Å²) in [6.07, 6.45) is 2.67. The van der Waals surface area contributed by atoms with Crippen molar-refractivity contribution in [2.75, 3.05) is 19.6 Å². The molecule has 5 rings (SSSR count). The summed E-state index contributed by atoms with van der Waals surface area (Å²) >= 11 is 5.92. The van der Waals surface area contributed by atoms with Gasteiger partial charge in [0, 0.05) is 47.7 Å². The molecule has 2 aliphatic rings. The van der Waals surface area contributed by atoms with Crippen LogP contribution in [0.2, 0.25) is 5.02 Å². The third-order valence-corrected chi connectivity index (χ3v) is 8.43. The van der Waals surface area contributed by atoms with Gasteiger partial charge in [0.25, 0.3) is 10.0 Å². The summed E-state index contributed by atoms with van der Waals surface area (Å²) in [4.78, 5) is 13.6. The average molecular weight is 559 g/mol. The van der Waals surface area contributed by atoms with E-state index in [1.807, 2.05) is 24.3 Å². The predicted molar refractivity (Wildman–Crippen MR) is 140 cm³/mol. The fourth-order valence-corrected chi connectivity index (χ4v) is 5.90. The van der Waals surface area contributed by atoms with E-state index in [2.05, 4.69) is 4.40 Å². The Kier molecular flexibility index (Phi) is 8.62. The number of hydrogen-bond donors (Lipinski definition) is 2. The number of ketones is 1. The van der Waals surface area contributed by atoms with Crippen molar-refractivity contribution in [1.29, 1.82) is 0 Å². The zero-order chi connectivity index (χ0) is 27.3. The van der Waals surface area contributed by atoms with E-state index in [-0.39, 0.29) is 22.1 Å². The van der Waals surface area contributed by atoms with E-state index in [9.17, 15) is 27.8 Å². The van der Waals surface area contributed by atoms with Crippen LogP contribution in [-0.4, -0.2) is 44.8 Å². The molecule has 0 bridgehead atoms. The van der Waals surface area contributed by atoms with Gasteiger partial charge in [-0.3, -0.25) is 4.79 Å². The van der Waals surface area contributed by atoms with Crippen LogP contribution >= 0.6 is 11.6 Å². The number of piperidine rings is 1. The van der Waals surface area contributed by atoms with Crippen LogP contribution in [0.3, 0.4) is 0 Å². The molecule has 0 unspecified atom stereocenters. The summed E-state index contributed by atoms with van der Waals surface area (Å²) in [5.74, 6) is -0.947. The number of nitrogens with one attached hydrogen (secondary N) is 1. The standard InChI is InChI=1S/C21H23ClFNO2.C7H5NO3S/c22-18-7-5-17(6-8-18)21(26)11-14-24(15-12-21)13-1-2-20(25)16-3-9-19(23)10-4-16;9-7-5-3-1-2-4-6(5)12(10,11)8-7/h3-10,26H,1-2,11-15H2;1-4H,(H,8,9). The summed E-state index contributed by atoms with van der Waals surface area (Å²) in [6, 6.07) is 19.1. The van der Waals surface area contributed by atoms with Gasteiger partial charge >= 0.3 is 0 Å². The topological polar surface area (TPSA) is 111 Å². The van der Waals surface area contributed by atoms with Crippen LogP contribution in [0.1, 0.15) is 47.2 Å². The Bertz CT molecular complexity index is 1420. The van der Waals surface area contributed by atoms with E-state index in [4.69, 9.17) is 11.6 Å².